The van der Waals surface area contributed by atoms with E-state index in [2.05, 4.69) is 10.9 Å². The highest BCUT2D eigenvalue weighted by atomic mass is 16.5. The third-order valence-electron chi connectivity index (χ3n) is 4.40. The Balaban J connectivity index is 1.68. The Morgan fingerprint density at radius 1 is 0.893 bits per heavy atom. The zero-order valence-corrected chi connectivity index (χ0v) is 15.4. The summed E-state index contributed by atoms with van der Waals surface area (Å²) in [5.41, 5.74) is 10.3. The molecule has 0 atom stereocenters. The first-order chi connectivity index (χ1) is 13.7. The van der Waals surface area contributed by atoms with Gasteiger partial charge in [0.2, 0.25) is 0 Å². The maximum absolute atomic E-state index is 9.93. The molecule has 1 aromatic heterocycles. The second-order valence-corrected chi connectivity index (χ2v) is 6.25. The molecular formula is C22H20N4O2. The van der Waals surface area contributed by atoms with Crippen molar-refractivity contribution < 1.29 is 9.84 Å². The minimum Gasteiger partial charge on any atom is -0.508 e. The normalized spacial score (nSPS) is 10.8. The molecule has 0 aliphatic rings. The van der Waals surface area contributed by atoms with E-state index < -0.39 is 0 Å². The second-order valence-electron chi connectivity index (χ2n) is 6.25. The number of hydrazine groups is 1. The highest BCUT2D eigenvalue weighted by Gasteiger charge is 2.12. The third-order valence-corrected chi connectivity index (χ3v) is 4.40. The summed E-state index contributed by atoms with van der Waals surface area (Å²) in [6.45, 7) is 0.429. The van der Waals surface area contributed by atoms with Gasteiger partial charge in [-0.2, -0.15) is 0 Å². The average molecular weight is 372 g/mol. The minimum absolute atomic E-state index is 0.245. The predicted molar refractivity (Wildman–Crippen MR) is 110 cm³/mol. The Kier molecular flexibility index (Phi) is 5.03. The van der Waals surface area contributed by atoms with Gasteiger partial charge in [-0.05, 0) is 18.2 Å². The number of aromatic nitrogens is 2. The van der Waals surface area contributed by atoms with Crippen molar-refractivity contribution in [3.8, 4) is 22.8 Å². The molecule has 3 aromatic carbocycles. The topological polar surface area (TPSA) is 79.3 Å². The first kappa shape index (κ1) is 17.8. The van der Waals surface area contributed by atoms with Crippen molar-refractivity contribution in [1.82, 2.24) is 15.4 Å². The minimum atomic E-state index is 0.245. The van der Waals surface area contributed by atoms with Crippen LogP contribution < -0.4 is 15.6 Å². The first-order valence-corrected chi connectivity index (χ1v) is 8.91. The number of phenolic OH excluding ortho intramolecular Hbond substituents is 1. The van der Waals surface area contributed by atoms with Gasteiger partial charge in [0.05, 0.1) is 18.1 Å². The Morgan fingerprint density at radius 2 is 1.68 bits per heavy atom. The lowest BCUT2D eigenvalue weighted by Gasteiger charge is -2.14. The summed E-state index contributed by atoms with van der Waals surface area (Å²) in [6.07, 6.45) is 0. The van der Waals surface area contributed by atoms with Gasteiger partial charge in [-0.3, -0.25) is 0 Å². The van der Waals surface area contributed by atoms with E-state index >= 15 is 0 Å². The number of aromatic hydroxyl groups is 1. The van der Waals surface area contributed by atoms with Gasteiger partial charge in [0.25, 0.3) is 0 Å². The molecule has 28 heavy (non-hydrogen) atoms. The fourth-order valence-corrected chi connectivity index (χ4v) is 2.93. The molecule has 0 saturated carbocycles. The Morgan fingerprint density at radius 3 is 2.46 bits per heavy atom. The van der Waals surface area contributed by atoms with Crippen LogP contribution in [-0.4, -0.2) is 22.2 Å². The molecule has 0 aliphatic heterocycles. The van der Waals surface area contributed by atoms with Crippen LogP contribution >= 0.6 is 0 Å². The lowest BCUT2D eigenvalue weighted by Crippen LogP contribution is -2.22. The lowest BCUT2D eigenvalue weighted by atomic mass is 10.1. The summed E-state index contributed by atoms with van der Waals surface area (Å²) >= 11 is 0. The van der Waals surface area contributed by atoms with Crippen LogP contribution in [0.15, 0.2) is 72.8 Å². The molecule has 6 heteroatoms. The van der Waals surface area contributed by atoms with E-state index in [1.807, 2.05) is 60.7 Å². The number of nitrogens with one attached hydrogen (secondary N) is 2. The summed E-state index contributed by atoms with van der Waals surface area (Å²) in [7, 11) is 1.62. The zero-order chi connectivity index (χ0) is 19.3. The van der Waals surface area contributed by atoms with Crippen molar-refractivity contribution in [2.45, 2.75) is 6.54 Å². The van der Waals surface area contributed by atoms with Gasteiger partial charge in [-0.15, -0.1) is 0 Å². The van der Waals surface area contributed by atoms with Crippen LogP contribution in [0.1, 0.15) is 5.56 Å². The highest BCUT2D eigenvalue weighted by Crippen LogP contribution is 2.28. The number of fused-ring (bicyclic) bond motifs is 1. The van der Waals surface area contributed by atoms with Gasteiger partial charge in [0, 0.05) is 23.7 Å². The molecule has 0 aliphatic carbocycles. The van der Waals surface area contributed by atoms with Crippen LogP contribution in [0, 0.1) is 0 Å². The van der Waals surface area contributed by atoms with Crippen LogP contribution in [0.4, 0.5) is 5.82 Å². The molecule has 140 valence electrons. The molecule has 0 saturated heterocycles. The smallest absolute Gasteiger partial charge is 0.167 e. The van der Waals surface area contributed by atoms with E-state index in [1.165, 1.54) is 0 Å². The molecule has 3 N–H and O–H groups in total. The van der Waals surface area contributed by atoms with Gasteiger partial charge in [-0.25, -0.2) is 15.4 Å². The van der Waals surface area contributed by atoms with E-state index in [0.29, 0.717) is 12.4 Å². The van der Waals surface area contributed by atoms with Crippen LogP contribution in [0.25, 0.3) is 22.3 Å². The number of ether oxygens (including phenoxy) is 1. The number of hydrogen-bond donors (Lipinski definition) is 3. The molecule has 0 fully saturated rings. The van der Waals surface area contributed by atoms with Gasteiger partial charge in [-0.1, -0.05) is 48.5 Å². The molecule has 0 radical (unpaired) electrons. The molecular weight excluding hydrogens is 352 g/mol. The first-order valence-electron chi connectivity index (χ1n) is 8.91. The summed E-state index contributed by atoms with van der Waals surface area (Å²) in [5, 5.41) is 9.93. The zero-order valence-electron chi connectivity index (χ0n) is 15.4. The summed E-state index contributed by atoms with van der Waals surface area (Å²) < 4.78 is 5.30. The van der Waals surface area contributed by atoms with Gasteiger partial charge >= 0.3 is 0 Å². The van der Waals surface area contributed by atoms with Crippen LogP contribution in [0.2, 0.25) is 0 Å². The second kappa shape index (κ2) is 7.94. The average Bonchev–Trinajstić information content (AvgIpc) is 2.74. The number of anilines is 1. The quantitative estimate of drug-likeness (QED) is 0.442. The fourth-order valence-electron chi connectivity index (χ4n) is 2.93. The SMILES string of the molecule is COc1ccc2nc(-c3ccccc3)c(NNCc3ccccc3O)nc2c1. The van der Waals surface area contributed by atoms with Crippen LogP contribution in [0.5, 0.6) is 11.5 Å². The third kappa shape index (κ3) is 3.72. The maximum atomic E-state index is 9.93. The van der Waals surface area contributed by atoms with Gasteiger partial charge < -0.3 is 15.3 Å². The molecule has 0 spiro atoms. The van der Waals surface area contributed by atoms with E-state index in [4.69, 9.17) is 14.7 Å². The number of para-hydroxylation sites is 1. The van der Waals surface area contributed by atoms with Crippen molar-refractivity contribution in [3.05, 3.63) is 78.4 Å². The molecule has 1 heterocycles. The molecule has 0 bridgehead atoms. The maximum Gasteiger partial charge on any atom is 0.167 e. The molecule has 4 aromatic rings. The number of benzene rings is 3. The van der Waals surface area contributed by atoms with Gasteiger partial charge in [0.15, 0.2) is 5.82 Å². The van der Waals surface area contributed by atoms with E-state index in [9.17, 15) is 5.11 Å². The van der Waals surface area contributed by atoms with Crippen molar-refractivity contribution in [3.63, 3.8) is 0 Å². The fraction of sp³-hybridized carbons (Fsp3) is 0.0909. The van der Waals surface area contributed by atoms with Crippen LogP contribution in [0.3, 0.4) is 0 Å². The standard InChI is InChI=1S/C22H20N4O2/c1-28-17-11-12-18-19(13-17)25-22(21(24-18)15-7-3-2-4-8-15)26-23-14-16-9-5-6-10-20(16)27/h2-13,23,27H,14H2,1H3,(H,25,26). The molecule has 4 rings (SSSR count). The Hall–Kier alpha value is -3.64. The van der Waals surface area contributed by atoms with Crippen molar-refractivity contribution in [2.75, 3.05) is 12.5 Å². The highest BCUT2D eigenvalue weighted by molar-refractivity contribution is 5.84. The number of phenols is 1. The lowest BCUT2D eigenvalue weighted by molar-refractivity contribution is 0.415. The van der Waals surface area contributed by atoms with E-state index in [-0.39, 0.29) is 5.75 Å². The number of nitrogens with zero attached hydrogens (tertiary/aromatic N) is 2. The van der Waals surface area contributed by atoms with Gasteiger partial charge in [0.1, 0.15) is 17.2 Å². The monoisotopic (exact) mass is 372 g/mol. The summed E-state index contributed by atoms with van der Waals surface area (Å²) in [6, 6.07) is 22.7. The molecule has 6 nitrogen and oxygen atoms in total. The van der Waals surface area contributed by atoms with Crippen molar-refractivity contribution >= 4 is 16.9 Å². The van der Waals surface area contributed by atoms with Crippen LogP contribution in [-0.2, 0) is 6.54 Å². The predicted octanol–water partition coefficient (Wildman–Crippen LogP) is 4.13. The number of hydrogen-bond acceptors (Lipinski definition) is 6. The molecule has 0 unspecified atom stereocenters. The molecule has 0 amide bonds. The Bertz CT molecular complexity index is 1100. The number of methoxy groups -OCH3 is 1. The summed E-state index contributed by atoms with van der Waals surface area (Å²) in [5.74, 6) is 1.57. The summed E-state index contributed by atoms with van der Waals surface area (Å²) in [4.78, 5) is 9.53. The Labute approximate surface area is 162 Å². The van der Waals surface area contributed by atoms with Crippen molar-refractivity contribution in [2.24, 2.45) is 0 Å². The number of rotatable bonds is 6. The van der Waals surface area contributed by atoms with Crippen molar-refractivity contribution in [1.29, 1.82) is 0 Å². The van der Waals surface area contributed by atoms with E-state index in [1.54, 1.807) is 19.2 Å². The largest absolute Gasteiger partial charge is 0.508 e. The van der Waals surface area contributed by atoms with E-state index in [0.717, 1.165) is 33.6 Å².